The molecular weight excluding hydrogens is 340 g/mol. The Balaban J connectivity index is 5.68. The summed E-state index contributed by atoms with van der Waals surface area (Å²) in [6.07, 6.45) is 5.25. The van der Waals surface area contributed by atoms with E-state index in [1.165, 1.54) is 0 Å². The molecule has 0 amide bonds. The number of esters is 2. The highest BCUT2D eigenvalue weighted by atomic mass is 16.5. The van der Waals surface area contributed by atoms with Gasteiger partial charge >= 0.3 is 11.9 Å². The Hall–Kier alpha value is -1.32. The molecule has 0 aliphatic rings. The Labute approximate surface area is 167 Å². The van der Waals surface area contributed by atoms with Gasteiger partial charge in [0.1, 0.15) is 0 Å². The van der Waals surface area contributed by atoms with Crippen molar-refractivity contribution in [3.63, 3.8) is 0 Å². The van der Waals surface area contributed by atoms with Crippen LogP contribution < -0.4 is 0 Å². The van der Waals surface area contributed by atoms with Crippen molar-refractivity contribution >= 4 is 11.9 Å². The van der Waals surface area contributed by atoms with Crippen molar-refractivity contribution in [2.75, 3.05) is 13.2 Å². The second-order valence-electron chi connectivity index (χ2n) is 9.49. The van der Waals surface area contributed by atoms with Crippen molar-refractivity contribution < 1.29 is 19.1 Å². The monoisotopic (exact) mass is 382 g/mol. The molecule has 0 atom stereocenters. The Morgan fingerprint density at radius 2 is 1.26 bits per heavy atom. The van der Waals surface area contributed by atoms with Crippen LogP contribution in [-0.4, -0.2) is 25.2 Å². The van der Waals surface area contributed by atoms with Gasteiger partial charge in [-0.3, -0.25) is 0 Å². The zero-order valence-electron chi connectivity index (χ0n) is 18.9. The molecule has 0 aliphatic heterocycles. The van der Waals surface area contributed by atoms with Crippen molar-refractivity contribution in [2.45, 2.75) is 93.9 Å². The van der Waals surface area contributed by atoms with E-state index >= 15 is 0 Å². The third-order valence-electron chi connectivity index (χ3n) is 3.94. The minimum Gasteiger partial charge on any atom is -0.462 e. The first-order valence-electron chi connectivity index (χ1n) is 10.5. The quantitative estimate of drug-likeness (QED) is 0.233. The number of rotatable bonds is 12. The average molecular weight is 383 g/mol. The third-order valence-corrected chi connectivity index (χ3v) is 3.94. The maximum absolute atomic E-state index is 12.8. The van der Waals surface area contributed by atoms with Crippen LogP contribution in [0.4, 0.5) is 0 Å². The average Bonchev–Trinajstić information content (AvgIpc) is 2.55. The Morgan fingerprint density at radius 3 is 1.67 bits per heavy atom. The SMILES string of the molecule is CCCCCCC(C(=O)OCC(C)C)=C(CC(C)(C)C)C(=O)OCC(C)C. The lowest BCUT2D eigenvalue weighted by atomic mass is 9.85. The predicted molar refractivity (Wildman–Crippen MR) is 111 cm³/mol. The van der Waals surface area contributed by atoms with Crippen molar-refractivity contribution in [1.82, 2.24) is 0 Å². The van der Waals surface area contributed by atoms with E-state index in [4.69, 9.17) is 9.47 Å². The van der Waals surface area contributed by atoms with Crippen LogP contribution >= 0.6 is 0 Å². The molecule has 0 aromatic heterocycles. The third kappa shape index (κ3) is 12.6. The molecule has 0 saturated heterocycles. The zero-order chi connectivity index (χ0) is 21.0. The van der Waals surface area contributed by atoms with Crippen molar-refractivity contribution in [3.05, 3.63) is 11.1 Å². The Bertz CT molecular complexity index is 481. The molecule has 0 aromatic carbocycles. The van der Waals surface area contributed by atoms with Crippen LogP contribution in [0, 0.1) is 17.3 Å². The molecule has 4 heteroatoms. The topological polar surface area (TPSA) is 52.6 Å². The van der Waals surface area contributed by atoms with Crippen LogP contribution in [-0.2, 0) is 19.1 Å². The lowest BCUT2D eigenvalue weighted by molar-refractivity contribution is -0.143. The summed E-state index contributed by atoms with van der Waals surface area (Å²) < 4.78 is 11.0. The van der Waals surface area contributed by atoms with Gasteiger partial charge in [0.15, 0.2) is 0 Å². The lowest BCUT2D eigenvalue weighted by Gasteiger charge is -2.23. The zero-order valence-corrected chi connectivity index (χ0v) is 18.9. The van der Waals surface area contributed by atoms with Crippen LogP contribution in [0.15, 0.2) is 11.1 Å². The fourth-order valence-electron chi connectivity index (χ4n) is 2.60. The van der Waals surface area contributed by atoms with E-state index in [-0.39, 0.29) is 29.2 Å². The second kappa shape index (κ2) is 13.0. The molecule has 27 heavy (non-hydrogen) atoms. The summed E-state index contributed by atoms with van der Waals surface area (Å²) >= 11 is 0. The first-order chi connectivity index (χ1) is 12.5. The maximum Gasteiger partial charge on any atom is 0.334 e. The molecule has 4 nitrogen and oxygen atoms in total. The molecule has 158 valence electrons. The first-order valence-corrected chi connectivity index (χ1v) is 10.5. The van der Waals surface area contributed by atoms with Gasteiger partial charge in [-0.1, -0.05) is 74.7 Å². The molecule has 0 fully saturated rings. The smallest absolute Gasteiger partial charge is 0.334 e. The van der Waals surface area contributed by atoms with Gasteiger partial charge in [0, 0.05) is 11.1 Å². The second-order valence-corrected chi connectivity index (χ2v) is 9.49. The summed E-state index contributed by atoms with van der Waals surface area (Å²) in [5.74, 6) is -0.216. The van der Waals surface area contributed by atoms with Crippen LogP contribution in [0.3, 0.4) is 0 Å². The van der Waals surface area contributed by atoms with E-state index in [1.807, 2.05) is 27.7 Å². The standard InChI is InChI=1S/C23H42O4/c1-9-10-11-12-13-19(21(24)26-15-17(2)3)20(14-23(6,7)8)22(25)27-16-18(4)5/h17-18H,9-16H2,1-8H3. The van der Waals surface area contributed by atoms with Crippen LogP contribution in [0.25, 0.3) is 0 Å². The highest BCUT2D eigenvalue weighted by molar-refractivity contribution is 6.00. The van der Waals surface area contributed by atoms with Gasteiger partial charge in [-0.2, -0.15) is 0 Å². The fourth-order valence-corrected chi connectivity index (χ4v) is 2.60. The number of carbonyl (C=O) groups is 2. The molecule has 0 N–H and O–H groups in total. The molecule has 0 saturated carbocycles. The number of hydrogen-bond donors (Lipinski definition) is 0. The molecular formula is C23H42O4. The summed E-state index contributed by atoms with van der Waals surface area (Å²) in [6.45, 7) is 17.1. The van der Waals surface area contributed by atoms with Gasteiger partial charge in [0.05, 0.1) is 13.2 Å². The largest absolute Gasteiger partial charge is 0.462 e. The molecule has 0 aliphatic carbocycles. The van der Waals surface area contributed by atoms with E-state index in [2.05, 4.69) is 27.7 Å². The molecule has 0 radical (unpaired) electrons. The maximum atomic E-state index is 12.8. The van der Waals surface area contributed by atoms with Gasteiger partial charge in [-0.15, -0.1) is 0 Å². The summed E-state index contributed by atoms with van der Waals surface area (Å²) in [5.41, 5.74) is 0.878. The summed E-state index contributed by atoms with van der Waals surface area (Å²) in [6, 6.07) is 0. The molecule has 0 spiro atoms. The van der Waals surface area contributed by atoms with Gasteiger partial charge in [-0.25, -0.2) is 9.59 Å². The number of hydrogen-bond acceptors (Lipinski definition) is 4. The minimum atomic E-state index is -0.370. The summed E-state index contributed by atoms with van der Waals surface area (Å²) in [7, 11) is 0. The van der Waals surface area contributed by atoms with Crippen molar-refractivity contribution in [2.24, 2.45) is 17.3 Å². The fraction of sp³-hybridized carbons (Fsp3) is 0.826. The van der Waals surface area contributed by atoms with Crippen molar-refractivity contribution in [1.29, 1.82) is 0 Å². The number of carbonyl (C=O) groups excluding carboxylic acids is 2. The number of ether oxygens (including phenoxy) is 2. The highest BCUT2D eigenvalue weighted by Crippen LogP contribution is 2.29. The van der Waals surface area contributed by atoms with Gasteiger partial charge in [0.25, 0.3) is 0 Å². The molecule has 0 aromatic rings. The van der Waals surface area contributed by atoms with Gasteiger partial charge in [0.2, 0.25) is 0 Å². The van der Waals surface area contributed by atoms with Crippen molar-refractivity contribution in [3.8, 4) is 0 Å². The van der Waals surface area contributed by atoms with Crippen LogP contribution in [0.2, 0.25) is 0 Å². The van der Waals surface area contributed by atoms with E-state index in [0.717, 1.165) is 25.7 Å². The van der Waals surface area contributed by atoms with Gasteiger partial charge < -0.3 is 9.47 Å². The highest BCUT2D eigenvalue weighted by Gasteiger charge is 2.27. The summed E-state index contributed by atoms with van der Waals surface area (Å²) in [4.78, 5) is 25.6. The van der Waals surface area contributed by atoms with E-state index in [0.29, 0.717) is 37.2 Å². The van der Waals surface area contributed by atoms with E-state index in [1.54, 1.807) is 0 Å². The predicted octanol–water partition coefficient (Wildman–Crippen LogP) is 6.09. The van der Waals surface area contributed by atoms with Gasteiger partial charge in [-0.05, 0) is 36.5 Å². The molecule has 0 bridgehead atoms. The number of unbranched alkanes of at least 4 members (excludes halogenated alkanes) is 3. The van der Waals surface area contributed by atoms with E-state index in [9.17, 15) is 9.59 Å². The lowest BCUT2D eigenvalue weighted by Crippen LogP contribution is -2.22. The van der Waals surface area contributed by atoms with Crippen LogP contribution in [0.5, 0.6) is 0 Å². The summed E-state index contributed by atoms with van der Waals surface area (Å²) in [5, 5.41) is 0. The molecule has 0 rings (SSSR count). The van der Waals surface area contributed by atoms with E-state index < -0.39 is 0 Å². The van der Waals surface area contributed by atoms with Crippen LogP contribution in [0.1, 0.15) is 93.9 Å². The minimum absolute atomic E-state index is 0.126. The molecule has 0 unspecified atom stereocenters. The first kappa shape index (κ1) is 25.7. The Kier molecular flexibility index (Phi) is 12.3. The molecule has 0 heterocycles. The Morgan fingerprint density at radius 1 is 0.778 bits per heavy atom. The normalized spacial score (nSPS) is 13.0.